The van der Waals surface area contributed by atoms with Gasteiger partial charge >= 0.3 is 0 Å². The number of allylic oxidation sites excluding steroid dienone is 1. The number of halogens is 2. The molecular formula is C44H52F2N5O8S-. The monoisotopic (exact) mass is 848 g/mol. The maximum absolute atomic E-state index is 14.6. The molecule has 3 aliphatic heterocycles. The first-order valence-corrected chi connectivity index (χ1v) is 21.9. The fourth-order valence-electron chi connectivity index (χ4n) is 8.35. The van der Waals surface area contributed by atoms with Crippen molar-refractivity contribution in [3.63, 3.8) is 0 Å². The van der Waals surface area contributed by atoms with Crippen molar-refractivity contribution in [1.29, 1.82) is 0 Å². The van der Waals surface area contributed by atoms with Crippen LogP contribution < -0.4 is 20.5 Å². The van der Waals surface area contributed by atoms with Gasteiger partial charge in [-0.05, 0) is 50.7 Å². The normalized spacial score (nSPS) is 27.7. The fourth-order valence-corrected chi connectivity index (χ4v) is 8.87. The molecular weight excluding hydrogens is 797 g/mol. The number of hydrogen-bond donors (Lipinski definition) is 2. The quantitative estimate of drug-likeness (QED) is 0.221. The maximum Gasteiger partial charge on any atom is 0.251 e. The molecule has 60 heavy (non-hydrogen) atoms. The van der Waals surface area contributed by atoms with Crippen LogP contribution in [-0.4, -0.2) is 103 Å². The minimum Gasteiger partial charge on any atom is -0.772 e. The van der Waals surface area contributed by atoms with Crippen molar-refractivity contribution in [2.24, 2.45) is 17.6 Å². The molecule has 0 spiro atoms. The summed E-state index contributed by atoms with van der Waals surface area (Å²) in [4.78, 5) is 62.9. The lowest BCUT2D eigenvalue weighted by molar-refractivity contribution is -0.147. The fraction of sp³-hybridized carbons (Fsp3) is 0.523. The number of carbonyl (C=O) groups excluding carboxylic acids is 4. The lowest BCUT2D eigenvalue weighted by atomic mass is 9.94. The van der Waals surface area contributed by atoms with Crippen molar-refractivity contribution in [3.8, 4) is 22.8 Å². The lowest BCUT2D eigenvalue weighted by Crippen LogP contribution is -2.55. The summed E-state index contributed by atoms with van der Waals surface area (Å²) in [5.74, 6) is -4.58. The number of primary amides is 1. The Hall–Kier alpha value is -4.96. The van der Waals surface area contributed by atoms with E-state index < -0.39 is 65.3 Å². The van der Waals surface area contributed by atoms with Crippen LogP contribution in [0.3, 0.4) is 0 Å². The Morgan fingerprint density at radius 2 is 1.78 bits per heavy atom. The molecule has 3 N–H and O–H groups in total. The van der Waals surface area contributed by atoms with Crippen LogP contribution in [0.4, 0.5) is 8.78 Å². The number of benzene rings is 2. The van der Waals surface area contributed by atoms with Crippen molar-refractivity contribution in [1.82, 2.24) is 20.1 Å². The standard InChI is InChI=1S/C41H47F2N5O6.C3H6O2S/c1-53-29-14-15-31-33(21-29)45-32(26-10-7-5-8-11-26)23-35(31)54-30-22-34-37(50)46-41(39(44)52)24-28(41)13-9-4-2-3-6-12-27(38(51)48(34)25-30)20-36(49)47-18-16-40(42,43)17-19-47;4-6(5)3-1-2-3/h5,7-11,13-15,21,23,27-28,30,34H,2-4,6,12,16-20,22,24-25H2,1H3,(H2,44,52)(H,46,50);3H,1-2H2,(H,4,5)/p-1/b13-9-;/t27-,28-,30-,34+,41-;/m1./s1. The zero-order valence-electron chi connectivity index (χ0n) is 33.7. The van der Waals surface area contributed by atoms with Crippen molar-refractivity contribution in [2.45, 2.75) is 106 Å². The number of hydrogen-bond acceptors (Lipinski definition) is 9. The number of pyridine rings is 1. The molecule has 6 atom stereocenters. The Kier molecular flexibility index (Phi) is 13.2. The van der Waals surface area contributed by atoms with Gasteiger partial charge in [-0.3, -0.25) is 23.4 Å². The summed E-state index contributed by atoms with van der Waals surface area (Å²) in [6.07, 6.45) is 8.06. The van der Waals surface area contributed by atoms with Crippen LogP contribution in [0.5, 0.6) is 11.5 Å². The van der Waals surface area contributed by atoms with E-state index in [4.69, 9.17) is 20.2 Å². The Morgan fingerprint density at radius 3 is 2.45 bits per heavy atom. The number of alkyl halides is 2. The topological polar surface area (TPSA) is 184 Å². The highest BCUT2D eigenvalue weighted by atomic mass is 32.2. The number of piperidine rings is 1. The predicted molar refractivity (Wildman–Crippen MR) is 219 cm³/mol. The number of amides is 4. The molecule has 0 radical (unpaired) electrons. The number of rotatable bonds is 8. The Bertz CT molecular complexity index is 2130. The molecule has 4 fully saturated rings. The zero-order chi connectivity index (χ0) is 42.6. The van der Waals surface area contributed by atoms with E-state index in [1.807, 2.05) is 66.7 Å². The highest BCUT2D eigenvalue weighted by Crippen LogP contribution is 2.45. The van der Waals surface area contributed by atoms with Crippen LogP contribution in [0, 0.1) is 11.8 Å². The van der Waals surface area contributed by atoms with Gasteiger partial charge in [0.15, 0.2) is 0 Å². The highest BCUT2D eigenvalue weighted by Gasteiger charge is 2.60. The second-order valence-electron chi connectivity index (χ2n) is 16.5. The minimum atomic E-state index is -2.81. The average Bonchev–Trinajstić information content (AvgIpc) is 4.16. The molecule has 4 amide bonds. The Labute approximate surface area is 350 Å². The van der Waals surface area contributed by atoms with Gasteiger partial charge in [-0.2, -0.15) is 0 Å². The summed E-state index contributed by atoms with van der Waals surface area (Å²) in [6, 6.07) is 16.0. The number of likely N-dealkylation sites (tertiary alicyclic amines) is 1. The number of aromatic nitrogens is 1. The number of ether oxygens (including phenoxy) is 2. The first kappa shape index (κ1) is 43.1. The molecule has 1 aromatic heterocycles. The number of nitrogens with zero attached hydrogens (tertiary/aromatic N) is 3. The molecule has 2 saturated carbocycles. The summed E-state index contributed by atoms with van der Waals surface area (Å²) in [6.45, 7) is -0.0984. The summed E-state index contributed by atoms with van der Waals surface area (Å²) in [5.41, 5.74) is 6.78. The van der Waals surface area contributed by atoms with Gasteiger partial charge in [0.1, 0.15) is 29.2 Å². The molecule has 8 rings (SSSR count). The van der Waals surface area contributed by atoms with Gasteiger partial charge in [-0.25, -0.2) is 13.8 Å². The van der Waals surface area contributed by atoms with Gasteiger partial charge < -0.3 is 34.9 Å². The van der Waals surface area contributed by atoms with E-state index in [1.165, 1.54) is 9.80 Å². The zero-order valence-corrected chi connectivity index (χ0v) is 34.5. The molecule has 2 aromatic carbocycles. The molecule has 2 aliphatic carbocycles. The number of methoxy groups -OCH3 is 1. The van der Waals surface area contributed by atoms with Gasteiger partial charge in [0, 0.05) is 78.9 Å². The van der Waals surface area contributed by atoms with Crippen molar-refractivity contribution >= 4 is 45.6 Å². The highest BCUT2D eigenvalue weighted by molar-refractivity contribution is 7.80. The first-order valence-electron chi connectivity index (χ1n) is 20.8. The van der Waals surface area contributed by atoms with Crippen molar-refractivity contribution < 1.29 is 46.2 Å². The van der Waals surface area contributed by atoms with Crippen molar-refractivity contribution in [2.75, 3.05) is 26.7 Å². The van der Waals surface area contributed by atoms with Gasteiger partial charge in [-0.15, -0.1) is 0 Å². The van der Waals surface area contributed by atoms with Gasteiger partial charge in [0.2, 0.25) is 23.6 Å². The summed E-state index contributed by atoms with van der Waals surface area (Å²) in [5, 5.41) is 3.65. The van der Waals surface area contributed by atoms with Crippen LogP contribution in [0.25, 0.3) is 22.2 Å². The Balaban J connectivity index is 0.000000834. The van der Waals surface area contributed by atoms with E-state index in [0.29, 0.717) is 47.4 Å². The van der Waals surface area contributed by atoms with E-state index in [9.17, 15) is 36.7 Å². The lowest BCUT2D eigenvalue weighted by Gasteiger charge is -2.33. The van der Waals surface area contributed by atoms with Crippen LogP contribution in [0.15, 0.2) is 66.7 Å². The van der Waals surface area contributed by atoms with E-state index in [2.05, 4.69) is 5.32 Å². The third kappa shape index (κ3) is 10.1. The van der Waals surface area contributed by atoms with Crippen LogP contribution in [0.1, 0.15) is 77.0 Å². The SMILES string of the molecule is COc1ccc2c(O[C@@H]3C[C@H]4C(=O)N[C@]5(C(N)=O)C[C@H]5/C=C\CCCCC[C@H](CC(=O)N5CCC(F)(F)CC5)C(=O)N4C3)cc(-c3ccccc3)nc2c1.O=S([O-])C1CC1. The molecule has 1 unspecified atom stereocenters. The van der Waals surface area contributed by atoms with E-state index in [-0.39, 0.29) is 55.5 Å². The minimum absolute atomic E-state index is 0.0185. The second kappa shape index (κ2) is 18.3. The maximum atomic E-state index is 14.6. The average molecular weight is 849 g/mol. The molecule has 0 bridgehead atoms. The smallest absolute Gasteiger partial charge is 0.251 e. The number of nitrogens with one attached hydrogen (secondary N) is 1. The largest absolute Gasteiger partial charge is 0.772 e. The van der Waals surface area contributed by atoms with Crippen molar-refractivity contribution in [3.05, 3.63) is 66.7 Å². The van der Waals surface area contributed by atoms with Crippen LogP contribution >= 0.6 is 0 Å². The van der Waals surface area contributed by atoms with Gasteiger partial charge in [0.05, 0.1) is 24.9 Å². The molecule has 13 nitrogen and oxygen atoms in total. The third-order valence-corrected chi connectivity index (χ3v) is 13.2. The predicted octanol–water partition coefficient (Wildman–Crippen LogP) is 5.43. The molecule has 16 heteroatoms. The van der Waals surface area contributed by atoms with E-state index >= 15 is 0 Å². The van der Waals surface area contributed by atoms with Crippen LogP contribution in [0.2, 0.25) is 0 Å². The summed E-state index contributed by atoms with van der Waals surface area (Å²) < 4.78 is 59.5. The molecule has 322 valence electrons. The number of carbonyl (C=O) groups is 4. The van der Waals surface area contributed by atoms with Crippen LogP contribution in [-0.2, 0) is 30.3 Å². The molecule has 3 aromatic rings. The first-order chi connectivity index (χ1) is 28.8. The third-order valence-electron chi connectivity index (χ3n) is 12.2. The number of nitrogens with two attached hydrogens (primary N) is 1. The summed E-state index contributed by atoms with van der Waals surface area (Å²) in [7, 11) is 1.58. The second-order valence-corrected chi connectivity index (χ2v) is 17.7. The van der Waals surface area contributed by atoms with E-state index in [0.717, 1.165) is 37.7 Å². The molecule has 4 heterocycles. The van der Waals surface area contributed by atoms with E-state index in [1.54, 1.807) is 7.11 Å². The van der Waals surface area contributed by atoms with Gasteiger partial charge in [0.25, 0.3) is 5.92 Å². The van der Waals surface area contributed by atoms with Gasteiger partial charge in [-0.1, -0.05) is 66.4 Å². The molecule has 2 saturated heterocycles. The molecule has 5 aliphatic rings. The Morgan fingerprint density at radius 1 is 1.03 bits per heavy atom. The summed E-state index contributed by atoms with van der Waals surface area (Å²) >= 11 is -1.76. The number of fused-ring (bicyclic) bond motifs is 3.